The van der Waals surface area contributed by atoms with Crippen molar-refractivity contribution in [2.24, 2.45) is 5.92 Å². The van der Waals surface area contributed by atoms with Crippen LogP contribution in [0.5, 0.6) is 0 Å². The summed E-state index contributed by atoms with van der Waals surface area (Å²) in [7, 11) is 0. The highest BCUT2D eigenvalue weighted by atomic mass is 19.1. The van der Waals surface area contributed by atoms with Crippen LogP contribution in [0.2, 0.25) is 0 Å². The molecule has 0 bridgehead atoms. The van der Waals surface area contributed by atoms with E-state index in [9.17, 15) is 19.6 Å². The minimum Gasteiger partial charge on any atom is -0.422 e. The topological polar surface area (TPSA) is 74.2 Å². The van der Waals surface area contributed by atoms with E-state index in [1.165, 1.54) is 18.2 Å². The smallest absolute Gasteiger partial charge is 0.354 e. The Morgan fingerprint density at radius 3 is 2.85 bits per heavy atom. The summed E-state index contributed by atoms with van der Waals surface area (Å²) < 4.78 is 18.9. The van der Waals surface area contributed by atoms with E-state index < -0.39 is 17.5 Å². The first-order chi connectivity index (χ1) is 12.6. The molecule has 0 saturated heterocycles. The second-order valence-electron chi connectivity index (χ2n) is 6.30. The summed E-state index contributed by atoms with van der Waals surface area (Å²) in [4.78, 5) is 12.1. The van der Waals surface area contributed by atoms with Crippen LogP contribution in [0.3, 0.4) is 0 Å². The largest absolute Gasteiger partial charge is 0.422 e. The van der Waals surface area contributed by atoms with Gasteiger partial charge < -0.3 is 9.52 Å². The van der Waals surface area contributed by atoms with Gasteiger partial charge in [0, 0.05) is 11.3 Å². The van der Waals surface area contributed by atoms with Crippen molar-refractivity contribution in [3.8, 4) is 6.07 Å². The third kappa shape index (κ3) is 2.61. The van der Waals surface area contributed by atoms with Crippen molar-refractivity contribution in [3.05, 3.63) is 87.0 Å². The molecule has 2 aromatic carbocycles. The van der Waals surface area contributed by atoms with Gasteiger partial charge in [0.2, 0.25) is 0 Å². The van der Waals surface area contributed by atoms with E-state index in [1.54, 1.807) is 0 Å². The van der Waals surface area contributed by atoms with Crippen molar-refractivity contribution in [3.63, 3.8) is 0 Å². The van der Waals surface area contributed by atoms with E-state index in [2.05, 4.69) is 0 Å². The van der Waals surface area contributed by atoms with Gasteiger partial charge in [-0.05, 0) is 41.3 Å². The van der Waals surface area contributed by atoms with Gasteiger partial charge in [0.1, 0.15) is 23.0 Å². The molecule has 1 aliphatic rings. The molecule has 4 nitrogen and oxygen atoms in total. The average molecular weight is 347 g/mol. The molecule has 1 N–H and O–H groups in total. The minimum atomic E-state index is -0.779. The highest BCUT2D eigenvalue weighted by Gasteiger charge is 2.27. The van der Waals surface area contributed by atoms with Crippen LogP contribution < -0.4 is 5.63 Å². The Bertz CT molecular complexity index is 1140. The lowest BCUT2D eigenvalue weighted by Gasteiger charge is -2.26. The lowest BCUT2D eigenvalue weighted by Crippen LogP contribution is -2.19. The van der Waals surface area contributed by atoms with E-state index >= 15 is 0 Å². The fourth-order valence-electron chi connectivity index (χ4n) is 3.47. The van der Waals surface area contributed by atoms with Crippen LogP contribution in [-0.2, 0) is 6.42 Å². The standard InChI is InChI=1S/C21H14FNO3/c22-14-7-8-19-17(10-14)16(18(11-23)21(25)26-19)9-13-6-5-12-3-1-2-4-15(12)20(13)24/h1-8,10,13,20,24H,9H2/t13-,20-/m0/s1. The quantitative estimate of drug-likeness (QED) is 0.717. The van der Waals surface area contributed by atoms with Gasteiger partial charge in [-0.15, -0.1) is 0 Å². The molecule has 0 amide bonds. The molecule has 0 aliphatic heterocycles. The van der Waals surface area contributed by atoms with Gasteiger partial charge >= 0.3 is 5.63 Å². The molecule has 0 fully saturated rings. The fourth-order valence-corrected chi connectivity index (χ4v) is 3.47. The number of rotatable bonds is 2. The molecule has 128 valence electrons. The number of aliphatic hydroxyl groups excluding tert-OH is 1. The van der Waals surface area contributed by atoms with Gasteiger partial charge in [0.05, 0.1) is 6.10 Å². The summed E-state index contributed by atoms with van der Waals surface area (Å²) in [5, 5.41) is 20.5. The van der Waals surface area contributed by atoms with E-state index in [-0.39, 0.29) is 23.5 Å². The predicted molar refractivity (Wildman–Crippen MR) is 94.8 cm³/mol. The van der Waals surface area contributed by atoms with Gasteiger partial charge in [-0.2, -0.15) is 5.26 Å². The Morgan fingerprint density at radius 1 is 1.23 bits per heavy atom. The monoisotopic (exact) mass is 347 g/mol. The molecule has 26 heavy (non-hydrogen) atoms. The summed E-state index contributed by atoms with van der Waals surface area (Å²) in [5.74, 6) is -0.827. The van der Waals surface area contributed by atoms with Crippen molar-refractivity contribution in [1.29, 1.82) is 5.26 Å². The summed E-state index contributed by atoms with van der Waals surface area (Å²) >= 11 is 0. The molecule has 0 radical (unpaired) electrons. The molecule has 5 heteroatoms. The first kappa shape index (κ1) is 16.2. The number of benzene rings is 2. The van der Waals surface area contributed by atoms with Crippen LogP contribution in [0, 0.1) is 23.1 Å². The molecule has 2 atom stereocenters. The number of aliphatic hydroxyl groups is 1. The fraction of sp³-hybridized carbons (Fsp3) is 0.143. The first-order valence-corrected chi connectivity index (χ1v) is 8.19. The van der Waals surface area contributed by atoms with E-state index in [1.807, 2.05) is 42.5 Å². The zero-order valence-corrected chi connectivity index (χ0v) is 13.6. The average Bonchev–Trinajstić information content (AvgIpc) is 2.65. The third-order valence-electron chi connectivity index (χ3n) is 4.77. The number of fused-ring (bicyclic) bond motifs is 2. The zero-order chi connectivity index (χ0) is 18.3. The number of hydrogen-bond acceptors (Lipinski definition) is 4. The SMILES string of the molecule is N#Cc1c(C[C@@H]2C=Cc3ccccc3[C@H]2O)c2cc(F)ccc2oc1=O. The first-order valence-electron chi connectivity index (χ1n) is 8.19. The van der Waals surface area contributed by atoms with Gasteiger partial charge in [-0.25, -0.2) is 9.18 Å². The molecule has 0 unspecified atom stereocenters. The van der Waals surface area contributed by atoms with E-state index in [0.717, 1.165) is 11.1 Å². The van der Waals surface area contributed by atoms with Crippen molar-refractivity contribution in [2.75, 3.05) is 0 Å². The highest BCUT2D eigenvalue weighted by Crippen LogP contribution is 2.35. The Kier molecular flexibility index (Phi) is 3.90. The summed E-state index contributed by atoms with van der Waals surface area (Å²) in [6.07, 6.45) is 3.21. The van der Waals surface area contributed by atoms with Crippen molar-refractivity contribution >= 4 is 17.0 Å². The van der Waals surface area contributed by atoms with Crippen molar-refractivity contribution < 1.29 is 13.9 Å². The number of halogens is 1. The van der Waals surface area contributed by atoms with Crippen LogP contribution in [0.1, 0.15) is 28.4 Å². The second kappa shape index (κ2) is 6.25. The molecule has 1 heterocycles. The Morgan fingerprint density at radius 2 is 2.04 bits per heavy atom. The van der Waals surface area contributed by atoms with Crippen molar-refractivity contribution in [2.45, 2.75) is 12.5 Å². The van der Waals surface area contributed by atoms with E-state index in [0.29, 0.717) is 10.9 Å². The van der Waals surface area contributed by atoms with Gasteiger partial charge in [0.25, 0.3) is 0 Å². The second-order valence-corrected chi connectivity index (χ2v) is 6.30. The summed E-state index contributed by atoms with van der Waals surface area (Å²) in [6.45, 7) is 0. The molecule has 0 saturated carbocycles. The van der Waals surface area contributed by atoms with E-state index in [4.69, 9.17) is 4.42 Å². The Labute approximate surface area is 148 Å². The van der Waals surface area contributed by atoms with Gasteiger partial charge in [0.15, 0.2) is 0 Å². The number of nitrogens with zero attached hydrogens (tertiary/aromatic N) is 1. The van der Waals surface area contributed by atoms with Crippen LogP contribution in [0.15, 0.2) is 57.8 Å². The summed E-state index contributed by atoms with van der Waals surface area (Å²) in [5.41, 5.74) is 1.43. The maximum atomic E-state index is 13.7. The maximum absolute atomic E-state index is 13.7. The molecule has 1 aliphatic carbocycles. The number of hydrogen-bond donors (Lipinski definition) is 1. The van der Waals surface area contributed by atoms with Gasteiger partial charge in [-0.1, -0.05) is 36.4 Å². The van der Waals surface area contributed by atoms with Crippen LogP contribution in [-0.4, -0.2) is 5.11 Å². The van der Waals surface area contributed by atoms with Crippen LogP contribution in [0.25, 0.3) is 17.0 Å². The normalized spacial score (nSPS) is 18.5. The molecule has 3 aromatic rings. The summed E-state index contributed by atoms with van der Waals surface area (Å²) in [6, 6.07) is 13.2. The van der Waals surface area contributed by atoms with Crippen molar-refractivity contribution in [1.82, 2.24) is 0 Å². The predicted octanol–water partition coefficient (Wildman–Crippen LogP) is 3.72. The number of nitriles is 1. The molecule has 4 rings (SSSR count). The Hall–Kier alpha value is -3.23. The van der Waals surface area contributed by atoms with Gasteiger partial charge in [-0.3, -0.25) is 0 Å². The zero-order valence-electron chi connectivity index (χ0n) is 13.6. The third-order valence-corrected chi connectivity index (χ3v) is 4.77. The molecule has 0 spiro atoms. The molecule has 1 aromatic heterocycles. The van der Waals surface area contributed by atoms with Crippen LogP contribution >= 0.6 is 0 Å². The molecular weight excluding hydrogens is 333 g/mol. The lowest BCUT2D eigenvalue weighted by molar-refractivity contribution is 0.130. The Balaban J connectivity index is 1.84. The maximum Gasteiger partial charge on any atom is 0.354 e. The minimum absolute atomic E-state index is 0.150. The molecular formula is C21H14FNO3. The van der Waals surface area contributed by atoms with Crippen LogP contribution in [0.4, 0.5) is 4.39 Å². The lowest BCUT2D eigenvalue weighted by atomic mass is 9.82. The highest BCUT2D eigenvalue weighted by molar-refractivity contribution is 5.82.